The van der Waals surface area contributed by atoms with Crippen LogP contribution in [0, 0.1) is 5.92 Å². The van der Waals surface area contributed by atoms with Crippen LogP contribution < -0.4 is 5.32 Å². The van der Waals surface area contributed by atoms with E-state index in [4.69, 9.17) is 0 Å². The Morgan fingerprint density at radius 3 is 2.56 bits per heavy atom. The monoisotopic (exact) mass is 248 g/mol. The first-order valence-corrected chi connectivity index (χ1v) is 6.57. The van der Waals surface area contributed by atoms with E-state index in [1.165, 1.54) is 5.56 Å². The molecule has 1 N–H and O–H groups in total. The van der Waals surface area contributed by atoms with Crippen molar-refractivity contribution in [3.63, 3.8) is 0 Å². The Bertz CT molecular complexity index is 349. The molecule has 1 rings (SSSR count). The molecule has 0 spiro atoms. The lowest BCUT2D eigenvalue weighted by Gasteiger charge is -2.16. The zero-order valence-corrected chi connectivity index (χ0v) is 11.6. The highest BCUT2D eigenvalue weighted by molar-refractivity contribution is 5.76. The van der Waals surface area contributed by atoms with Gasteiger partial charge in [0.25, 0.3) is 0 Å². The second kappa shape index (κ2) is 7.88. The van der Waals surface area contributed by atoms with Crippen molar-refractivity contribution in [3.05, 3.63) is 35.9 Å². The molecular formula is C15H24N2O. The highest BCUT2D eigenvalue weighted by Crippen LogP contribution is 2.02. The largest absolute Gasteiger partial charge is 0.356 e. The number of carbonyl (C=O) groups excluding carboxylic acids is 1. The minimum atomic E-state index is 0.142. The number of carbonyl (C=O) groups is 1. The molecule has 0 aliphatic heterocycles. The SMILES string of the molecule is CC(C)CNC(=O)CCN(C)Cc1ccccc1. The van der Waals surface area contributed by atoms with Crippen LogP contribution in [0.3, 0.4) is 0 Å². The lowest BCUT2D eigenvalue weighted by Crippen LogP contribution is -2.30. The van der Waals surface area contributed by atoms with Crippen LogP contribution in [0.5, 0.6) is 0 Å². The fourth-order valence-corrected chi connectivity index (χ4v) is 1.67. The minimum Gasteiger partial charge on any atom is -0.356 e. The van der Waals surface area contributed by atoms with Gasteiger partial charge in [-0.05, 0) is 18.5 Å². The maximum atomic E-state index is 11.6. The van der Waals surface area contributed by atoms with E-state index in [1.807, 2.05) is 25.2 Å². The van der Waals surface area contributed by atoms with E-state index in [0.717, 1.165) is 19.6 Å². The van der Waals surface area contributed by atoms with Crippen molar-refractivity contribution in [1.29, 1.82) is 0 Å². The average molecular weight is 248 g/mol. The molecule has 0 bridgehead atoms. The van der Waals surface area contributed by atoms with Crippen LogP contribution in [-0.4, -0.2) is 30.9 Å². The third kappa shape index (κ3) is 6.40. The van der Waals surface area contributed by atoms with E-state index in [1.54, 1.807) is 0 Å². The quantitative estimate of drug-likeness (QED) is 0.803. The molecule has 0 heterocycles. The summed E-state index contributed by atoms with van der Waals surface area (Å²) in [7, 11) is 2.04. The Kier molecular flexibility index (Phi) is 6.44. The maximum absolute atomic E-state index is 11.6. The number of rotatable bonds is 7. The van der Waals surface area contributed by atoms with E-state index >= 15 is 0 Å². The van der Waals surface area contributed by atoms with E-state index in [0.29, 0.717) is 12.3 Å². The molecule has 0 aliphatic carbocycles. The molecule has 0 aliphatic rings. The smallest absolute Gasteiger partial charge is 0.221 e. The fourth-order valence-electron chi connectivity index (χ4n) is 1.67. The summed E-state index contributed by atoms with van der Waals surface area (Å²) in [6.45, 7) is 6.64. The Labute approximate surface area is 110 Å². The van der Waals surface area contributed by atoms with Crippen LogP contribution >= 0.6 is 0 Å². The zero-order valence-electron chi connectivity index (χ0n) is 11.6. The predicted molar refractivity (Wildman–Crippen MR) is 75.2 cm³/mol. The number of benzene rings is 1. The van der Waals surface area contributed by atoms with Gasteiger partial charge in [-0.15, -0.1) is 0 Å². The molecule has 0 saturated heterocycles. The van der Waals surface area contributed by atoms with Gasteiger partial charge in [-0.25, -0.2) is 0 Å². The van der Waals surface area contributed by atoms with Gasteiger partial charge < -0.3 is 10.2 Å². The Morgan fingerprint density at radius 2 is 1.94 bits per heavy atom. The lowest BCUT2D eigenvalue weighted by molar-refractivity contribution is -0.121. The van der Waals surface area contributed by atoms with Crippen LogP contribution in [-0.2, 0) is 11.3 Å². The van der Waals surface area contributed by atoms with Crippen molar-refractivity contribution in [2.24, 2.45) is 5.92 Å². The van der Waals surface area contributed by atoms with Crippen LogP contribution in [0.4, 0.5) is 0 Å². The summed E-state index contributed by atoms with van der Waals surface area (Å²) < 4.78 is 0. The van der Waals surface area contributed by atoms with Crippen molar-refractivity contribution in [2.45, 2.75) is 26.8 Å². The number of nitrogens with zero attached hydrogens (tertiary/aromatic N) is 1. The Hall–Kier alpha value is -1.35. The number of amides is 1. The van der Waals surface area contributed by atoms with Gasteiger partial charge >= 0.3 is 0 Å². The number of hydrogen-bond donors (Lipinski definition) is 1. The van der Waals surface area contributed by atoms with Crippen LogP contribution in [0.15, 0.2) is 30.3 Å². The molecule has 0 radical (unpaired) electrons. The summed E-state index contributed by atoms with van der Waals surface area (Å²) in [6.07, 6.45) is 0.566. The van der Waals surface area contributed by atoms with Gasteiger partial charge in [0.15, 0.2) is 0 Å². The van der Waals surface area contributed by atoms with E-state index in [9.17, 15) is 4.79 Å². The first-order chi connectivity index (χ1) is 8.58. The van der Waals surface area contributed by atoms with E-state index in [-0.39, 0.29) is 5.91 Å². The molecule has 0 fully saturated rings. The molecule has 18 heavy (non-hydrogen) atoms. The number of hydrogen-bond acceptors (Lipinski definition) is 2. The van der Waals surface area contributed by atoms with Crippen molar-refractivity contribution in [1.82, 2.24) is 10.2 Å². The van der Waals surface area contributed by atoms with Gasteiger partial charge in [0.2, 0.25) is 5.91 Å². The summed E-state index contributed by atoms with van der Waals surface area (Å²) in [6, 6.07) is 10.3. The summed E-state index contributed by atoms with van der Waals surface area (Å²) in [5.41, 5.74) is 1.28. The maximum Gasteiger partial charge on any atom is 0.221 e. The van der Waals surface area contributed by atoms with Gasteiger partial charge in [-0.2, -0.15) is 0 Å². The molecule has 0 atom stereocenters. The third-order valence-corrected chi connectivity index (χ3v) is 2.72. The van der Waals surface area contributed by atoms with Gasteiger partial charge in [0.05, 0.1) is 0 Å². The Morgan fingerprint density at radius 1 is 1.28 bits per heavy atom. The van der Waals surface area contributed by atoms with Crippen molar-refractivity contribution < 1.29 is 4.79 Å². The normalized spacial score (nSPS) is 10.9. The fraction of sp³-hybridized carbons (Fsp3) is 0.533. The van der Waals surface area contributed by atoms with Crippen molar-refractivity contribution in [2.75, 3.05) is 20.1 Å². The summed E-state index contributed by atoms with van der Waals surface area (Å²) >= 11 is 0. The molecule has 0 saturated carbocycles. The highest BCUT2D eigenvalue weighted by Gasteiger charge is 2.05. The zero-order chi connectivity index (χ0) is 13.4. The molecule has 100 valence electrons. The summed E-state index contributed by atoms with van der Waals surface area (Å²) in [5.74, 6) is 0.652. The predicted octanol–water partition coefficient (Wildman–Crippen LogP) is 2.28. The van der Waals surface area contributed by atoms with Crippen LogP contribution in [0.25, 0.3) is 0 Å². The minimum absolute atomic E-state index is 0.142. The van der Waals surface area contributed by atoms with Gasteiger partial charge in [-0.3, -0.25) is 4.79 Å². The van der Waals surface area contributed by atoms with Gasteiger partial charge in [-0.1, -0.05) is 44.2 Å². The van der Waals surface area contributed by atoms with Crippen LogP contribution in [0.2, 0.25) is 0 Å². The number of nitrogens with one attached hydrogen (secondary N) is 1. The van der Waals surface area contributed by atoms with Gasteiger partial charge in [0.1, 0.15) is 0 Å². The van der Waals surface area contributed by atoms with Gasteiger partial charge in [0, 0.05) is 26.1 Å². The van der Waals surface area contributed by atoms with E-state index in [2.05, 4.69) is 36.2 Å². The van der Waals surface area contributed by atoms with E-state index < -0.39 is 0 Å². The first kappa shape index (κ1) is 14.7. The molecule has 1 amide bonds. The van der Waals surface area contributed by atoms with Crippen molar-refractivity contribution in [3.8, 4) is 0 Å². The molecule has 0 unspecified atom stereocenters. The van der Waals surface area contributed by atoms with Crippen molar-refractivity contribution >= 4 is 5.91 Å². The molecular weight excluding hydrogens is 224 g/mol. The Balaban J connectivity index is 2.21. The molecule has 1 aromatic carbocycles. The highest BCUT2D eigenvalue weighted by atomic mass is 16.1. The van der Waals surface area contributed by atoms with Crippen LogP contribution in [0.1, 0.15) is 25.8 Å². The second-order valence-corrected chi connectivity index (χ2v) is 5.17. The average Bonchev–Trinajstić information content (AvgIpc) is 2.35. The lowest BCUT2D eigenvalue weighted by atomic mass is 10.2. The summed E-state index contributed by atoms with van der Waals surface area (Å²) in [5, 5.41) is 2.94. The molecule has 3 nitrogen and oxygen atoms in total. The molecule has 0 aromatic heterocycles. The topological polar surface area (TPSA) is 32.3 Å². The molecule has 1 aromatic rings. The first-order valence-electron chi connectivity index (χ1n) is 6.57. The summed E-state index contributed by atoms with van der Waals surface area (Å²) in [4.78, 5) is 13.7. The second-order valence-electron chi connectivity index (χ2n) is 5.17. The molecule has 3 heteroatoms. The third-order valence-electron chi connectivity index (χ3n) is 2.72. The standard InChI is InChI=1S/C15H24N2O/c1-13(2)11-16-15(18)9-10-17(3)12-14-7-5-4-6-8-14/h4-8,13H,9-12H2,1-3H3,(H,16,18).